The molecule has 0 aliphatic carbocycles. The zero-order valence-electron chi connectivity index (χ0n) is 9.81. The van der Waals surface area contributed by atoms with E-state index in [0.717, 1.165) is 12.0 Å². The van der Waals surface area contributed by atoms with E-state index in [0.29, 0.717) is 5.92 Å². The summed E-state index contributed by atoms with van der Waals surface area (Å²) >= 11 is 0. The summed E-state index contributed by atoms with van der Waals surface area (Å²) < 4.78 is 0. The van der Waals surface area contributed by atoms with Gasteiger partial charge in [-0.05, 0) is 23.5 Å². The van der Waals surface area contributed by atoms with Gasteiger partial charge in [-0.15, -0.1) is 0 Å². The second kappa shape index (κ2) is 6.11. The fraction of sp³-hybridized carbons (Fsp3) is 0.357. The summed E-state index contributed by atoms with van der Waals surface area (Å²) in [5, 5.41) is 8.48. The van der Waals surface area contributed by atoms with Crippen LogP contribution in [0.15, 0.2) is 30.3 Å². The first kappa shape index (κ1) is 12.5. The minimum atomic E-state index is -0.798. The van der Waals surface area contributed by atoms with E-state index in [2.05, 4.69) is 26.0 Å². The van der Waals surface area contributed by atoms with Crippen LogP contribution >= 0.6 is 0 Å². The minimum Gasteiger partial charge on any atom is -0.481 e. The first-order chi connectivity index (χ1) is 7.58. The highest BCUT2D eigenvalue weighted by molar-refractivity contribution is 5.70. The lowest BCUT2D eigenvalue weighted by atomic mass is 10.0. The molecule has 0 spiro atoms. The van der Waals surface area contributed by atoms with Crippen LogP contribution < -0.4 is 0 Å². The van der Waals surface area contributed by atoms with Crippen molar-refractivity contribution < 1.29 is 9.90 Å². The quantitative estimate of drug-likeness (QED) is 0.822. The number of carboxylic acids is 1. The Hall–Kier alpha value is -1.57. The fourth-order valence-corrected chi connectivity index (χ4v) is 1.53. The van der Waals surface area contributed by atoms with Crippen molar-refractivity contribution in [2.75, 3.05) is 0 Å². The van der Waals surface area contributed by atoms with E-state index in [4.69, 9.17) is 5.11 Å². The van der Waals surface area contributed by atoms with E-state index < -0.39 is 5.97 Å². The molecule has 0 unspecified atom stereocenters. The molecule has 0 saturated carbocycles. The molecule has 0 fully saturated rings. The Balaban J connectivity index is 2.57. The molecule has 0 aliphatic heterocycles. The molecule has 0 saturated heterocycles. The monoisotopic (exact) mass is 218 g/mol. The van der Waals surface area contributed by atoms with Crippen LogP contribution in [0.3, 0.4) is 0 Å². The number of aliphatic carboxylic acids is 1. The first-order valence-corrected chi connectivity index (χ1v) is 5.55. The smallest absolute Gasteiger partial charge is 0.307 e. The molecule has 1 aromatic rings. The van der Waals surface area contributed by atoms with Gasteiger partial charge in [-0.2, -0.15) is 0 Å². The Kier molecular flexibility index (Phi) is 4.77. The lowest BCUT2D eigenvalue weighted by Gasteiger charge is -2.04. The fourth-order valence-electron chi connectivity index (χ4n) is 1.53. The summed E-state index contributed by atoms with van der Waals surface area (Å²) in [4.78, 5) is 10.3. The SMILES string of the molecule is CC(C)Cc1ccc(C=CCC(=O)O)cc1. The van der Waals surface area contributed by atoms with Gasteiger partial charge in [0.2, 0.25) is 0 Å². The van der Waals surface area contributed by atoms with Crippen molar-refractivity contribution in [2.24, 2.45) is 5.92 Å². The maximum atomic E-state index is 10.3. The van der Waals surface area contributed by atoms with E-state index in [-0.39, 0.29) is 6.42 Å². The second-order valence-corrected chi connectivity index (χ2v) is 4.34. The average Bonchev–Trinajstić information content (AvgIpc) is 2.19. The van der Waals surface area contributed by atoms with Crippen LogP contribution in [0.2, 0.25) is 0 Å². The predicted molar refractivity (Wildman–Crippen MR) is 66.3 cm³/mol. The standard InChI is InChI=1S/C14H18O2/c1-11(2)10-13-8-6-12(7-9-13)4-3-5-14(15)16/h3-4,6-9,11H,5,10H2,1-2H3,(H,15,16). The van der Waals surface area contributed by atoms with Crippen LogP contribution in [-0.4, -0.2) is 11.1 Å². The number of hydrogen-bond acceptors (Lipinski definition) is 1. The Morgan fingerprint density at radius 1 is 1.31 bits per heavy atom. The molecule has 2 nitrogen and oxygen atoms in total. The Morgan fingerprint density at radius 2 is 1.94 bits per heavy atom. The van der Waals surface area contributed by atoms with Gasteiger partial charge in [0, 0.05) is 0 Å². The third-order valence-electron chi connectivity index (χ3n) is 2.23. The summed E-state index contributed by atoms with van der Waals surface area (Å²) in [6.45, 7) is 4.39. The van der Waals surface area contributed by atoms with Crippen LogP contribution in [0.5, 0.6) is 0 Å². The largest absolute Gasteiger partial charge is 0.481 e. The first-order valence-electron chi connectivity index (χ1n) is 5.55. The van der Waals surface area contributed by atoms with Crippen molar-refractivity contribution in [2.45, 2.75) is 26.7 Å². The Bertz CT molecular complexity index is 361. The molecule has 0 amide bonds. The third-order valence-corrected chi connectivity index (χ3v) is 2.23. The van der Waals surface area contributed by atoms with Crippen LogP contribution in [0, 0.1) is 5.92 Å². The van der Waals surface area contributed by atoms with Crippen LogP contribution in [0.1, 0.15) is 31.4 Å². The van der Waals surface area contributed by atoms with E-state index in [9.17, 15) is 4.79 Å². The third kappa shape index (κ3) is 4.78. The van der Waals surface area contributed by atoms with E-state index in [1.54, 1.807) is 6.08 Å². The van der Waals surface area contributed by atoms with Gasteiger partial charge in [-0.25, -0.2) is 0 Å². The molecule has 0 atom stereocenters. The van der Waals surface area contributed by atoms with Gasteiger partial charge in [0.1, 0.15) is 0 Å². The number of carboxylic acid groups (broad SMARTS) is 1. The zero-order valence-corrected chi connectivity index (χ0v) is 9.81. The molecule has 0 heterocycles. The average molecular weight is 218 g/mol. The number of hydrogen-bond donors (Lipinski definition) is 1. The van der Waals surface area contributed by atoms with E-state index in [1.165, 1.54) is 5.56 Å². The highest BCUT2D eigenvalue weighted by Crippen LogP contribution is 2.10. The summed E-state index contributed by atoms with van der Waals surface area (Å²) in [5.74, 6) is -0.138. The molecule has 0 bridgehead atoms. The summed E-state index contributed by atoms with van der Waals surface area (Å²) in [5.41, 5.74) is 2.37. The molecule has 0 aliphatic rings. The Labute approximate surface area is 96.6 Å². The van der Waals surface area contributed by atoms with Crippen molar-refractivity contribution in [3.8, 4) is 0 Å². The minimum absolute atomic E-state index is 0.0771. The van der Waals surface area contributed by atoms with Gasteiger partial charge < -0.3 is 5.11 Å². The number of rotatable bonds is 5. The lowest BCUT2D eigenvalue weighted by Crippen LogP contribution is -1.93. The molecule has 1 aromatic carbocycles. The van der Waals surface area contributed by atoms with Crippen LogP contribution in [0.4, 0.5) is 0 Å². The highest BCUT2D eigenvalue weighted by Gasteiger charge is 1.97. The van der Waals surface area contributed by atoms with Crippen molar-refractivity contribution in [1.29, 1.82) is 0 Å². The van der Waals surface area contributed by atoms with E-state index >= 15 is 0 Å². The molecule has 1 N–H and O–H groups in total. The molecule has 16 heavy (non-hydrogen) atoms. The normalized spacial score (nSPS) is 11.2. The van der Waals surface area contributed by atoms with Gasteiger partial charge in [0.05, 0.1) is 6.42 Å². The molecule has 2 heteroatoms. The highest BCUT2D eigenvalue weighted by atomic mass is 16.4. The van der Waals surface area contributed by atoms with Gasteiger partial charge in [0.15, 0.2) is 0 Å². The molecular weight excluding hydrogens is 200 g/mol. The predicted octanol–water partition coefficient (Wildman–Crippen LogP) is 3.37. The molecule has 86 valence electrons. The number of carbonyl (C=O) groups is 1. The van der Waals surface area contributed by atoms with Gasteiger partial charge >= 0.3 is 5.97 Å². The Morgan fingerprint density at radius 3 is 2.44 bits per heavy atom. The summed E-state index contributed by atoms with van der Waals surface area (Å²) in [6, 6.07) is 8.24. The van der Waals surface area contributed by atoms with Crippen molar-refractivity contribution in [1.82, 2.24) is 0 Å². The molecular formula is C14H18O2. The summed E-state index contributed by atoms with van der Waals surface area (Å²) in [7, 11) is 0. The van der Waals surface area contributed by atoms with Crippen LogP contribution in [0.25, 0.3) is 6.08 Å². The molecule has 1 rings (SSSR count). The molecule has 0 radical (unpaired) electrons. The topological polar surface area (TPSA) is 37.3 Å². The van der Waals surface area contributed by atoms with Crippen LogP contribution in [-0.2, 0) is 11.2 Å². The maximum absolute atomic E-state index is 10.3. The van der Waals surface area contributed by atoms with Crippen molar-refractivity contribution in [3.05, 3.63) is 41.5 Å². The lowest BCUT2D eigenvalue weighted by molar-refractivity contribution is -0.135. The van der Waals surface area contributed by atoms with E-state index in [1.807, 2.05) is 18.2 Å². The van der Waals surface area contributed by atoms with Crippen molar-refractivity contribution in [3.63, 3.8) is 0 Å². The molecule has 0 aromatic heterocycles. The van der Waals surface area contributed by atoms with Gasteiger partial charge in [-0.1, -0.05) is 50.3 Å². The van der Waals surface area contributed by atoms with Gasteiger partial charge in [0.25, 0.3) is 0 Å². The van der Waals surface area contributed by atoms with Crippen molar-refractivity contribution >= 4 is 12.0 Å². The second-order valence-electron chi connectivity index (χ2n) is 4.34. The zero-order chi connectivity index (χ0) is 12.0. The summed E-state index contributed by atoms with van der Waals surface area (Å²) in [6.07, 6.45) is 4.67. The van der Waals surface area contributed by atoms with Gasteiger partial charge in [-0.3, -0.25) is 4.79 Å². The number of benzene rings is 1. The maximum Gasteiger partial charge on any atom is 0.307 e.